The minimum Gasteiger partial charge on any atom is -0.357 e. The first-order valence-electron chi connectivity index (χ1n) is 10.0. The lowest BCUT2D eigenvalue weighted by molar-refractivity contribution is -0.121. The monoisotopic (exact) mass is 464 g/mol. The Morgan fingerprint density at radius 1 is 0.960 bits per heavy atom. The van der Waals surface area contributed by atoms with E-state index in [1.807, 2.05) is 0 Å². The van der Waals surface area contributed by atoms with Crippen molar-refractivity contribution in [1.29, 1.82) is 0 Å². The Balaban J connectivity index is 0.00000312. The van der Waals surface area contributed by atoms with Crippen molar-refractivity contribution >= 4 is 35.8 Å². The van der Waals surface area contributed by atoms with E-state index < -0.39 is 0 Å². The Kier molecular flexibility index (Phi) is 11.5. The molecule has 0 aromatic carbocycles. The molecule has 1 amide bonds. The molecule has 0 aromatic rings. The van der Waals surface area contributed by atoms with Crippen LogP contribution in [0.3, 0.4) is 0 Å². The summed E-state index contributed by atoms with van der Waals surface area (Å²) in [7, 11) is 0. The Morgan fingerprint density at radius 3 is 2.24 bits per heavy atom. The third-order valence-electron chi connectivity index (χ3n) is 5.28. The highest BCUT2D eigenvalue weighted by Gasteiger charge is 2.19. The normalized spacial score (nSPS) is 25.0. The summed E-state index contributed by atoms with van der Waals surface area (Å²) >= 11 is 0. The van der Waals surface area contributed by atoms with Crippen molar-refractivity contribution in [1.82, 2.24) is 16.0 Å². The summed E-state index contributed by atoms with van der Waals surface area (Å²) in [5, 5.41) is 10.0. The number of hydrogen-bond donors (Lipinski definition) is 3. The molecule has 0 radical (unpaired) electrons. The molecular weight excluding hydrogens is 427 g/mol. The van der Waals surface area contributed by atoms with E-state index >= 15 is 0 Å². The number of rotatable bonds is 6. The average molecular weight is 464 g/mol. The largest absolute Gasteiger partial charge is 0.357 e. The molecule has 0 bridgehead atoms. The average Bonchev–Trinajstić information content (AvgIpc) is 2.58. The van der Waals surface area contributed by atoms with Crippen molar-refractivity contribution in [2.75, 3.05) is 13.1 Å². The van der Waals surface area contributed by atoms with Crippen LogP contribution < -0.4 is 16.0 Å². The maximum atomic E-state index is 12.1. The fourth-order valence-corrected chi connectivity index (χ4v) is 3.73. The fourth-order valence-electron chi connectivity index (χ4n) is 3.73. The van der Waals surface area contributed by atoms with Crippen molar-refractivity contribution in [2.24, 2.45) is 10.9 Å². The van der Waals surface area contributed by atoms with Gasteiger partial charge >= 0.3 is 0 Å². The van der Waals surface area contributed by atoms with E-state index in [-0.39, 0.29) is 29.9 Å². The fraction of sp³-hybridized carbons (Fsp3) is 0.895. The molecule has 146 valence electrons. The predicted octanol–water partition coefficient (Wildman–Crippen LogP) is 3.58. The van der Waals surface area contributed by atoms with E-state index in [0.29, 0.717) is 25.0 Å². The quantitative estimate of drug-likeness (QED) is 0.320. The topological polar surface area (TPSA) is 65.5 Å². The Morgan fingerprint density at radius 2 is 1.60 bits per heavy atom. The second-order valence-corrected chi connectivity index (χ2v) is 7.51. The number of aliphatic imine (C=N–C) groups is 1. The number of carbonyl (C=O) groups is 1. The molecule has 3 N–H and O–H groups in total. The van der Waals surface area contributed by atoms with Crippen LogP contribution in [0.5, 0.6) is 0 Å². The molecule has 0 saturated heterocycles. The van der Waals surface area contributed by atoms with Gasteiger partial charge in [0.2, 0.25) is 5.91 Å². The van der Waals surface area contributed by atoms with Gasteiger partial charge in [0, 0.05) is 25.0 Å². The number of guanidine groups is 1. The number of carbonyl (C=O) groups excluding carboxylic acids is 1. The number of amides is 1. The van der Waals surface area contributed by atoms with E-state index in [1.165, 1.54) is 44.9 Å². The van der Waals surface area contributed by atoms with Crippen molar-refractivity contribution in [2.45, 2.75) is 90.1 Å². The summed E-state index contributed by atoms with van der Waals surface area (Å²) in [6.45, 7) is 5.82. The van der Waals surface area contributed by atoms with Gasteiger partial charge < -0.3 is 16.0 Å². The minimum atomic E-state index is 0. The highest BCUT2D eigenvalue weighted by molar-refractivity contribution is 14.0. The molecule has 5 nitrogen and oxygen atoms in total. The van der Waals surface area contributed by atoms with Gasteiger partial charge in [-0.3, -0.25) is 9.79 Å². The van der Waals surface area contributed by atoms with E-state index in [1.54, 1.807) is 0 Å². The zero-order valence-electron chi connectivity index (χ0n) is 16.0. The molecular formula is C19H37IN4O. The van der Waals surface area contributed by atoms with E-state index in [9.17, 15) is 4.79 Å². The second-order valence-electron chi connectivity index (χ2n) is 7.51. The molecule has 0 heterocycles. The second kappa shape index (κ2) is 12.8. The van der Waals surface area contributed by atoms with E-state index in [2.05, 4.69) is 34.8 Å². The van der Waals surface area contributed by atoms with Crippen LogP contribution >= 0.6 is 24.0 Å². The van der Waals surface area contributed by atoms with Crippen LogP contribution in [-0.2, 0) is 4.79 Å². The molecule has 2 rings (SSSR count). The first kappa shape index (κ1) is 22.5. The lowest BCUT2D eigenvalue weighted by Crippen LogP contribution is -2.45. The summed E-state index contributed by atoms with van der Waals surface area (Å²) in [6.07, 6.45) is 11.6. The lowest BCUT2D eigenvalue weighted by atomic mass is 9.87. The highest BCUT2D eigenvalue weighted by atomic mass is 127. The maximum absolute atomic E-state index is 12.1. The highest BCUT2D eigenvalue weighted by Crippen LogP contribution is 2.23. The smallest absolute Gasteiger partial charge is 0.222 e. The van der Waals surface area contributed by atoms with Gasteiger partial charge in [0.15, 0.2) is 5.96 Å². The SMILES string of the molecule is CCNC(=NCCC(=O)NC1CCCCC1)NC1CCC(C)CC1.I. The van der Waals surface area contributed by atoms with Gasteiger partial charge in [0.25, 0.3) is 0 Å². The van der Waals surface area contributed by atoms with Crippen LogP contribution in [0.4, 0.5) is 0 Å². The molecule has 2 aliphatic carbocycles. The molecule has 2 fully saturated rings. The van der Waals surface area contributed by atoms with E-state index in [0.717, 1.165) is 31.3 Å². The molecule has 0 aliphatic heterocycles. The minimum absolute atomic E-state index is 0. The van der Waals surface area contributed by atoms with Crippen molar-refractivity contribution < 1.29 is 4.79 Å². The van der Waals surface area contributed by atoms with Gasteiger partial charge in [-0.15, -0.1) is 24.0 Å². The summed E-state index contributed by atoms with van der Waals surface area (Å²) in [4.78, 5) is 16.6. The molecule has 2 aliphatic rings. The number of nitrogens with one attached hydrogen (secondary N) is 3. The van der Waals surface area contributed by atoms with Crippen LogP contribution in [0.1, 0.15) is 78.1 Å². The Bertz CT molecular complexity index is 402. The van der Waals surface area contributed by atoms with Crippen LogP contribution in [0, 0.1) is 5.92 Å². The Hall–Kier alpha value is -0.530. The number of halogens is 1. The number of nitrogens with zero attached hydrogens (tertiary/aromatic N) is 1. The Labute approximate surface area is 170 Å². The van der Waals surface area contributed by atoms with Crippen molar-refractivity contribution in [3.05, 3.63) is 0 Å². The van der Waals surface area contributed by atoms with Gasteiger partial charge in [-0.1, -0.05) is 26.2 Å². The zero-order chi connectivity index (χ0) is 17.2. The van der Waals surface area contributed by atoms with Crippen LogP contribution in [-0.4, -0.2) is 37.0 Å². The molecule has 0 spiro atoms. The molecule has 6 heteroatoms. The summed E-state index contributed by atoms with van der Waals surface area (Å²) in [5.41, 5.74) is 0. The van der Waals surface area contributed by atoms with E-state index in [4.69, 9.17) is 0 Å². The maximum Gasteiger partial charge on any atom is 0.222 e. The van der Waals surface area contributed by atoms with Gasteiger partial charge in [0.1, 0.15) is 0 Å². The van der Waals surface area contributed by atoms with Crippen molar-refractivity contribution in [3.8, 4) is 0 Å². The standard InChI is InChI=1S/C19H36N4O.HI/c1-3-20-19(23-17-11-9-15(2)10-12-17)21-14-13-18(24)22-16-7-5-4-6-8-16;/h15-17H,3-14H2,1-2H3,(H,22,24)(H2,20,21,23);1H. The van der Waals surface area contributed by atoms with Crippen LogP contribution in [0.15, 0.2) is 4.99 Å². The third-order valence-corrected chi connectivity index (χ3v) is 5.28. The third kappa shape index (κ3) is 9.11. The predicted molar refractivity (Wildman–Crippen MR) is 116 cm³/mol. The van der Waals surface area contributed by atoms with Gasteiger partial charge in [-0.25, -0.2) is 0 Å². The van der Waals surface area contributed by atoms with Gasteiger partial charge in [0.05, 0.1) is 6.54 Å². The number of hydrogen-bond acceptors (Lipinski definition) is 2. The van der Waals surface area contributed by atoms with Gasteiger partial charge in [-0.05, 0) is 51.4 Å². The van der Waals surface area contributed by atoms with Gasteiger partial charge in [-0.2, -0.15) is 0 Å². The van der Waals surface area contributed by atoms with Crippen molar-refractivity contribution in [3.63, 3.8) is 0 Å². The summed E-state index contributed by atoms with van der Waals surface area (Å²) in [5.74, 6) is 1.86. The lowest BCUT2D eigenvalue weighted by Gasteiger charge is -2.28. The molecule has 0 unspecified atom stereocenters. The molecule has 2 saturated carbocycles. The zero-order valence-corrected chi connectivity index (χ0v) is 18.3. The first-order chi connectivity index (χ1) is 11.7. The van der Waals surface area contributed by atoms with Crippen LogP contribution in [0.25, 0.3) is 0 Å². The molecule has 0 atom stereocenters. The first-order valence-corrected chi connectivity index (χ1v) is 10.0. The summed E-state index contributed by atoms with van der Waals surface area (Å²) < 4.78 is 0. The molecule has 25 heavy (non-hydrogen) atoms. The summed E-state index contributed by atoms with van der Waals surface area (Å²) in [6, 6.07) is 0.917. The molecule has 0 aromatic heterocycles. The van der Waals surface area contributed by atoms with Crippen LogP contribution in [0.2, 0.25) is 0 Å².